The molecule has 0 amide bonds. The van der Waals surface area contributed by atoms with Gasteiger partial charge in [-0.2, -0.15) is 0 Å². The Morgan fingerprint density at radius 1 is 1.42 bits per heavy atom. The van der Waals surface area contributed by atoms with E-state index in [4.69, 9.17) is 5.11 Å². The lowest BCUT2D eigenvalue weighted by Gasteiger charge is -2.07. The maximum atomic E-state index is 13.1. The van der Waals surface area contributed by atoms with Gasteiger partial charge in [0.15, 0.2) is 0 Å². The summed E-state index contributed by atoms with van der Waals surface area (Å²) in [5, 5.41) is 8.81. The molecule has 1 aromatic rings. The summed E-state index contributed by atoms with van der Waals surface area (Å²) < 4.78 is 13.1. The van der Waals surface area contributed by atoms with Gasteiger partial charge in [0.2, 0.25) is 0 Å². The summed E-state index contributed by atoms with van der Waals surface area (Å²) in [4.78, 5) is 0. The van der Waals surface area contributed by atoms with Crippen LogP contribution >= 0.6 is 0 Å². The van der Waals surface area contributed by atoms with Gasteiger partial charge in [-0.3, -0.25) is 0 Å². The van der Waals surface area contributed by atoms with E-state index in [-0.39, 0.29) is 18.3 Å². The van der Waals surface area contributed by atoms with E-state index in [0.717, 1.165) is 5.56 Å². The highest BCUT2D eigenvalue weighted by atomic mass is 19.1. The van der Waals surface area contributed by atoms with Gasteiger partial charge in [-0.15, -0.1) is 0 Å². The predicted octanol–water partition coefficient (Wildman–Crippen LogP) is 2.44. The quantitative estimate of drug-likeness (QED) is 0.719. The van der Waals surface area contributed by atoms with Crippen LogP contribution in [0.5, 0.6) is 0 Å². The van der Waals surface area contributed by atoms with Crippen LogP contribution in [-0.2, 0) is 6.61 Å². The molecule has 0 aliphatic heterocycles. The first kappa shape index (κ1) is 9.20. The summed E-state index contributed by atoms with van der Waals surface area (Å²) in [6, 6.07) is 4.71. The van der Waals surface area contributed by atoms with Gasteiger partial charge in [0, 0.05) is 0 Å². The van der Waals surface area contributed by atoms with Gasteiger partial charge in [0.25, 0.3) is 0 Å². The first-order chi connectivity index (χ1) is 5.65. The molecule has 0 unspecified atom stereocenters. The van der Waals surface area contributed by atoms with Crippen molar-refractivity contribution >= 4 is 0 Å². The molecule has 0 aliphatic rings. The summed E-state index contributed by atoms with van der Waals surface area (Å²) in [5.74, 6) is -0.0290. The van der Waals surface area contributed by atoms with E-state index >= 15 is 0 Å². The molecule has 0 aliphatic carbocycles. The number of aliphatic hydroxyl groups is 1. The maximum absolute atomic E-state index is 13.1. The minimum Gasteiger partial charge on any atom is -0.392 e. The highest BCUT2D eigenvalue weighted by Gasteiger charge is 2.06. The number of hydrogen-bond donors (Lipinski definition) is 1. The Hall–Kier alpha value is -0.890. The van der Waals surface area contributed by atoms with Gasteiger partial charge < -0.3 is 5.11 Å². The third kappa shape index (κ3) is 1.83. The van der Waals surface area contributed by atoms with Crippen molar-refractivity contribution in [3.05, 3.63) is 35.1 Å². The van der Waals surface area contributed by atoms with Gasteiger partial charge in [-0.05, 0) is 23.1 Å². The fourth-order valence-electron chi connectivity index (χ4n) is 1.13. The van der Waals surface area contributed by atoms with Crippen molar-refractivity contribution in [1.29, 1.82) is 0 Å². The van der Waals surface area contributed by atoms with Crippen molar-refractivity contribution < 1.29 is 9.50 Å². The van der Waals surface area contributed by atoms with Crippen LogP contribution < -0.4 is 0 Å². The zero-order valence-corrected chi connectivity index (χ0v) is 7.34. The van der Waals surface area contributed by atoms with Crippen molar-refractivity contribution in [2.75, 3.05) is 0 Å². The first-order valence-electron chi connectivity index (χ1n) is 4.04. The topological polar surface area (TPSA) is 20.2 Å². The second-order valence-electron chi connectivity index (χ2n) is 3.17. The van der Waals surface area contributed by atoms with Gasteiger partial charge in [-0.25, -0.2) is 4.39 Å². The maximum Gasteiger partial charge on any atom is 0.126 e. The third-order valence-corrected chi connectivity index (χ3v) is 1.86. The van der Waals surface area contributed by atoms with E-state index in [1.807, 2.05) is 13.8 Å². The van der Waals surface area contributed by atoms with Gasteiger partial charge >= 0.3 is 0 Å². The van der Waals surface area contributed by atoms with Crippen molar-refractivity contribution in [3.63, 3.8) is 0 Å². The summed E-state index contributed by atoms with van der Waals surface area (Å²) in [5.41, 5.74) is 1.43. The molecule has 0 aromatic heterocycles. The second-order valence-corrected chi connectivity index (χ2v) is 3.17. The van der Waals surface area contributed by atoms with Crippen LogP contribution in [0.4, 0.5) is 4.39 Å². The van der Waals surface area contributed by atoms with Crippen LogP contribution in [0, 0.1) is 5.82 Å². The van der Waals surface area contributed by atoms with Crippen molar-refractivity contribution in [2.24, 2.45) is 0 Å². The SMILES string of the molecule is CC(C)c1cc(CO)ccc1F. The first-order valence-corrected chi connectivity index (χ1v) is 4.04. The van der Waals surface area contributed by atoms with Crippen LogP contribution in [0.3, 0.4) is 0 Å². The molecule has 66 valence electrons. The van der Waals surface area contributed by atoms with Crippen LogP contribution in [-0.4, -0.2) is 5.11 Å². The fraction of sp³-hybridized carbons (Fsp3) is 0.400. The van der Waals surface area contributed by atoms with E-state index in [9.17, 15) is 4.39 Å². The third-order valence-electron chi connectivity index (χ3n) is 1.86. The minimum absolute atomic E-state index is 0.0278. The number of aliphatic hydroxyl groups excluding tert-OH is 1. The number of hydrogen-bond acceptors (Lipinski definition) is 1. The number of benzene rings is 1. The Morgan fingerprint density at radius 2 is 2.08 bits per heavy atom. The van der Waals surface area contributed by atoms with Gasteiger partial charge in [0.05, 0.1) is 6.61 Å². The fourth-order valence-corrected chi connectivity index (χ4v) is 1.13. The molecule has 0 saturated heterocycles. The summed E-state index contributed by atoms with van der Waals surface area (Å²) in [7, 11) is 0. The highest BCUT2D eigenvalue weighted by Crippen LogP contribution is 2.19. The average Bonchev–Trinajstić information content (AvgIpc) is 2.05. The Balaban J connectivity index is 3.08. The minimum atomic E-state index is -0.192. The molecule has 0 radical (unpaired) electrons. The van der Waals surface area contributed by atoms with E-state index in [1.54, 1.807) is 12.1 Å². The molecule has 0 bridgehead atoms. The zero-order valence-electron chi connectivity index (χ0n) is 7.34. The lowest BCUT2D eigenvalue weighted by molar-refractivity contribution is 0.281. The van der Waals surface area contributed by atoms with E-state index in [0.29, 0.717) is 5.56 Å². The van der Waals surface area contributed by atoms with Crippen LogP contribution in [0.2, 0.25) is 0 Å². The lowest BCUT2D eigenvalue weighted by Crippen LogP contribution is -1.95. The normalized spacial score (nSPS) is 10.8. The molecule has 0 atom stereocenters. The molecule has 1 nitrogen and oxygen atoms in total. The van der Waals surface area contributed by atoms with E-state index < -0.39 is 0 Å². The monoisotopic (exact) mass is 168 g/mol. The number of halogens is 1. The molecule has 12 heavy (non-hydrogen) atoms. The average molecular weight is 168 g/mol. The molecule has 0 saturated carbocycles. The molecule has 1 rings (SSSR count). The standard InChI is InChI=1S/C10H13FO/c1-7(2)9-5-8(6-12)3-4-10(9)11/h3-5,7,12H,6H2,1-2H3. The van der Waals surface area contributed by atoms with Crippen molar-refractivity contribution in [3.8, 4) is 0 Å². The smallest absolute Gasteiger partial charge is 0.126 e. The van der Waals surface area contributed by atoms with E-state index in [2.05, 4.69) is 0 Å². The molecular weight excluding hydrogens is 155 g/mol. The Kier molecular flexibility index (Phi) is 2.82. The van der Waals surface area contributed by atoms with Crippen LogP contribution in [0.25, 0.3) is 0 Å². The zero-order chi connectivity index (χ0) is 9.14. The highest BCUT2D eigenvalue weighted by molar-refractivity contribution is 5.26. The largest absolute Gasteiger partial charge is 0.392 e. The number of rotatable bonds is 2. The van der Waals surface area contributed by atoms with Crippen LogP contribution in [0.1, 0.15) is 30.9 Å². The molecule has 2 heteroatoms. The summed E-state index contributed by atoms with van der Waals surface area (Å²) in [6.07, 6.45) is 0. The predicted molar refractivity (Wildman–Crippen MR) is 46.4 cm³/mol. The Morgan fingerprint density at radius 3 is 2.58 bits per heavy atom. The molecule has 0 fully saturated rings. The van der Waals surface area contributed by atoms with Crippen LogP contribution in [0.15, 0.2) is 18.2 Å². The van der Waals surface area contributed by atoms with Crippen molar-refractivity contribution in [1.82, 2.24) is 0 Å². The lowest BCUT2D eigenvalue weighted by atomic mass is 10.0. The molecule has 1 aromatic carbocycles. The molecule has 0 heterocycles. The Bertz CT molecular complexity index is 269. The second kappa shape index (κ2) is 3.68. The summed E-state index contributed by atoms with van der Waals surface area (Å²) in [6.45, 7) is 3.83. The van der Waals surface area contributed by atoms with Crippen molar-refractivity contribution in [2.45, 2.75) is 26.4 Å². The van der Waals surface area contributed by atoms with E-state index in [1.165, 1.54) is 6.07 Å². The van der Waals surface area contributed by atoms with Gasteiger partial charge in [0.1, 0.15) is 5.82 Å². The summed E-state index contributed by atoms with van der Waals surface area (Å²) >= 11 is 0. The van der Waals surface area contributed by atoms with Gasteiger partial charge in [-0.1, -0.05) is 26.0 Å². The Labute approximate surface area is 71.9 Å². The molecular formula is C10H13FO. The molecule has 0 spiro atoms. The molecule has 1 N–H and O–H groups in total.